The zero-order chi connectivity index (χ0) is 13.2. The highest BCUT2D eigenvalue weighted by atomic mass is 32.1. The number of hydrogen-bond acceptors (Lipinski definition) is 3. The Kier molecular flexibility index (Phi) is 4.07. The molecule has 1 N–H and O–H groups in total. The second-order valence-electron chi connectivity index (χ2n) is 5.10. The molecule has 0 saturated carbocycles. The fourth-order valence-corrected chi connectivity index (χ4v) is 3.85. The van der Waals surface area contributed by atoms with E-state index in [-0.39, 0.29) is 0 Å². The van der Waals surface area contributed by atoms with Gasteiger partial charge < -0.3 is 5.11 Å². The van der Waals surface area contributed by atoms with Crippen LogP contribution in [0.1, 0.15) is 44.0 Å². The molecule has 0 radical (unpaired) electrons. The number of carboxylic acids is 1. The van der Waals surface area contributed by atoms with Gasteiger partial charge in [0, 0.05) is 17.5 Å². The molecule has 100 valence electrons. The van der Waals surface area contributed by atoms with E-state index in [1.807, 2.05) is 6.92 Å². The van der Waals surface area contributed by atoms with Crippen LogP contribution in [0.3, 0.4) is 0 Å². The smallest absolute Gasteiger partial charge is 0.310 e. The van der Waals surface area contributed by atoms with E-state index < -0.39 is 11.4 Å². The first-order valence-corrected chi connectivity index (χ1v) is 7.52. The van der Waals surface area contributed by atoms with Crippen LogP contribution in [0, 0.1) is 5.41 Å². The Morgan fingerprint density at radius 1 is 1.61 bits per heavy atom. The van der Waals surface area contributed by atoms with E-state index in [0.29, 0.717) is 12.6 Å². The first kappa shape index (κ1) is 13.6. The third-order valence-corrected chi connectivity index (χ3v) is 5.19. The van der Waals surface area contributed by atoms with Gasteiger partial charge in [0.1, 0.15) is 0 Å². The minimum atomic E-state index is -0.631. The molecule has 1 saturated heterocycles. The third kappa shape index (κ3) is 2.31. The van der Waals surface area contributed by atoms with Gasteiger partial charge in [-0.1, -0.05) is 19.9 Å². The Morgan fingerprint density at radius 3 is 2.83 bits per heavy atom. The zero-order valence-electron chi connectivity index (χ0n) is 11.1. The van der Waals surface area contributed by atoms with Crippen molar-refractivity contribution < 1.29 is 9.90 Å². The van der Waals surface area contributed by atoms with E-state index in [1.165, 1.54) is 4.88 Å². The van der Waals surface area contributed by atoms with E-state index in [1.54, 1.807) is 11.3 Å². The number of carboxylic acid groups (broad SMARTS) is 1. The van der Waals surface area contributed by atoms with Gasteiger partial charge in [0.15, 0.2) is 0 Å². The van der Waals surface area contributed by atoms with Gasteiger partial charge in [-0.3, -0.25) is 9.69 Å². The van der Waals surface area contributed by atoms with Gasteiger partial charge in [-0.05, 0) is 37.3 Å². The highest BCUT2D eigenvalue weighted by molar-refractivity contribution is 7.10. The summed E-state index contributed by atoms with van der Waals surface area (Å²) in [5.74, 6) is -0.631. The van der Waals surface area contributed by atoms with Crippen LogP contribution in [0.2, 0.25) is 0 Å². The van der Waals surface area contributed by atoms with Gasteiger partial charge in [-0.15, -0.1) is 11.3 Å². The molecule has 0 aromatic carbocycles. The number of carbonyl (C=O) groups is 1. The second-order valence-corrected chi connectivity index (χ2v) is 6.08. The van der Waals surface area contributed by atoms with Crippen LogP contribution < -0.4 is 0 Å². The van der Waals surface area contributed by atoms with Crippen molar-refractivity contribution in [2.45, 2.75) is 39.2 Å². The quantitative estimate of drug-likeness (QED) is 0.889. The first-order chi connectivity index (χ1) is 8.63. The molecule has 0 amide bonds. The summed E-state index contributed by atoms with van der Waals surface area (Å²) in [7, 11) is 0. The average molecular weight is 267 g/mol. The number of aliphatic carboxylic acids is 1. The molecule has 2 unspecified atom stereocenters. The van der Waals surface area contributed by atoms with E-state index in [2.05, 4.69) is 29.3 Å². The summed E-state index contributed by atoms with van der Waals surface area (Å²) < 4.78 is 0. The van der Waals surface area contributed by atoms with Crippen molar-refractivity contribution in [3.63, 3.8) is 0 Å². The van der Waals surface area contributed by atoms with Crippen molar-refractivity contribution in [2.24, 2.45) is 5.41 Å². The predicted molar refractivity (Wildman–Crippen MR) is 73.9 cm³/mol. The van der Waals surface area contributed by atoms with Gasteiger partial charge >= 0.3 is 5.97 Å². The van der Waals surface area contributed by atoms with Crippen molar-refractivity contribution in [1.29, 1.82) is 0 Å². The van der Waals surface area contributed by atoms with Gasteiger partial charge in [-0.2, -0.15) is 0 Å². The highest BCUT2D eigenvalue weighted by Crippen LogP contribution is 2.40. The molecule has 1 aromatic rings. The van der Waals surface area contributed by atoms with Crippen LogP contribution in [-0.4, -0.2) is 29.1 Å². The summed E-state index contributed by atoms with van der Waals surface area (Å²) in [6, 6.07) is 4.62. The molecule has 0 bridgehead atoms. The fourth-order valence-electron chi connectivity index (χ4n) is 2.91. The monoisotopic (exact) mass is 267 g/mol. The SMILES string of the molecule is CCC(c1cccs1)N1CCC(CC)(C(=O)O)C1. The third-order valence-electron chi connectivity index (χ3n) is 4.21. The van der Waals surface area contributed by atoms with Crippen LogP contribution >= 0.6 is 11.3 Å². The molecular weight excluding hydrogens is 246 g/mol. The maximum Gasteiger partial charge on any atom is 0.310 e. The Labute approximate surface area is 112 Å². The van der Waals surface area contributed by atoms with Crippen molar-refractivity contribution in [2.75, 3.05) is 13.1 Å². The van der Waals surface area contributed by atoms with E-state index in [4.69, 9.17) is 0 Å². The molecular formula is C14H21NO2S. The largest absolute Gasteiger partial charge is 0.481 e. The molecule has 1 fully saturated rings. The molecule has 1 aromatic heterocycles. The van der Waals surface area contributed by atoms with Crippen LogP contribution in [0.25, 0.3) is 0 Å². The molecule has 18 heavy (non-hydrogen) atoms. The molecule has 2 heterocycles. The summed E-state index contributed by atoms with van der Waals surface area (Å²) in [5, 5.41) is 11.5. The standard InChI is InChI=1S/C14H21NO2S/c1-3-11(12-6-5-9-18-12)15-8-7-14(4-2,10-15)13(16)17/h5-6,9,11H,3-4,7-8,10H2,1-2H3,(H,16,17). The Balaban J connectivity index is 2.14. The van der Waals surface area contributed by atoms with Gasteiger partial charge in [0.05, 0.1) is 5.41 Å². The van der Waals surface area contributed by atoms with E-state index >= 15 is 0 Å². The second kappa shape index (κ2) is 5.41. The summed E-state index contributed by atoms with van der Waals surface area (Å²) in [6.45, 7) is 5.76. The Bertz CT molecular complexity index is 404. The van der Waals surface area contributed by atoms with Crippen LogP contribution in [0.15, 0.2) is 17.5 Å². The molecule has 4 heteroatoms. The van der Waals surface area contributed by atoms with Crippen molar-refractivity contribution >= 4 is 17.3 Å². The Morgan fingerprint density at radius 2 is 2.39 bits per heavy atom. The zero-order valence-corrected chi connectivity index (χ0v) is 11.9. The van der Waals surface area contributed by atoms with Crippen LogP contribution in [-0.2, 0) is 4.79 Å². The number of rotatable bonds is 5. The lowest BCUT2D eigenvalue weighted by Gasteiger charge is -2.28. The number of hydrogen-bond donors (Lipinski definition) is 1. The van der Waals surface area contributed by atoms with Gasteiger partial charge in [0.2, 0.25) is 0 Å². The number of likely N-dealkylation sites (tertiary alicyclic amines) is 1. The summed E-state index contributed by atoms with van der Waals surface area (Å²) in [6.07, 6.45) is 2.54. The van der Waals surface area contributed by atoms with Crippen LogP contribution in [0.4, 0.5) is 0 Å². The molecule has 0 aliphatic carbocycles. The molecule has 2 rings (SSSR count). The lowest BCUT2D eigenvalue weighted by Crippen LogP contribution is -2.35. The minimum Gasteiger partial charge on any atom is -0.481 e. The Hall–Kier alpha value is -0.870. The number of nitrogens with zero attached hydrogens (tertiary/aromatic N) is 1. The molecule has 1 aliphatic heterocycles. The predicted octanol–water partition coefficient (Wildman–Crippen LogP) is 3.39. The lowest BCUT2D eigenvalue weighted by atomic mass is 9.84. The summed E-state index contributed by atoms with van der Waals surface area (Å²) in [4.78, 5) is 15.2. The topological polar surface area (TPSA) is 40.5 Å². The number of thiophene rings is 1. The maximum atomic E-state index is 11.5. The first-order valence-electron chi connectivity index (χ1n) is 6.64. The molecule has 3 nitrogen and oxygen atoms in total. The lowest BCUT2D eigenvalue weighted by molar-refractivity contribution is -0.148. The summed E-state index contributed by atoms with van der Waals surface area (Å²) in [5.41, 5.74) is -0.523. The van der Waals surface area contributed by atoms with Gasteiger partial charge in [-0.25, -0.2) is 0 Å². The highest BCUT2D eigenvalue weighted by Gasteiger charge is 2.44. The van der Waals surface area contributed by atoms with Gasteiger partial charge in [0.25, 0.3) is 0 Å². The summed E-state index contributed by atoms with van der Waals surface area (Å²) >= 11 is 1.77. The van der Waals surface area contributed by atoms with E-state index in [0.717, 1.165) is 25.8 Å². The molecule has 0 spiro atoms. The van der Waals surface area contributed by atoms with Crippen molar-refractivity contribution in [3.05, 3.63) is 22.4 Å². The molecule has 1 aliphatic rings. The maximum absolute atomic E-state index is 11.5. The minimum absolute atomic E-state index is 0.387. The molecule has 2 atom stereocenters. The average Bonchev–Trinajstić information content (AvgIpc) is 3.00. The normalized spacial score (nSPS) is 26.3. The van der Waals surface area contributed by atoms with Crippen LogP contribution in [0.5, 0.6) is 0 Å². The van der Waals surface area contributed by atoms with Crippen molar-refractivity contribution in [1.82, 2.24) is 4.90 Å². The van der Waals surface area contributed by atoms with Crippen molar-refractivity contribution in [3.8, 4) is 0 Å². The van der Waals surface area contributed by atoms with E-state index in [9.17, 15) is 9.90 Å². The fraction of sp³-hybridized carbons (Fsp3) is 0.643.